The summed E-state index contributed by atoms with van der Waals surface area (Å²) in [5, 5.41) is 22.0. The van der Waals surface area contributed by atoms with Gasteiger partial charge < -0.3 is 10.2 Å². The normalized spacial score (nSPS) is 14.9. The first-order chi connectivity index (χ1) is 8.18. The summed E-state index contributed by atoms with van der Waals surface area (Å²) in [5.41, 5.74) is 3.12. The van der Waals surface area contributed by atoms with E-state index in [1.165, 1.54) is 12.0 Å². The highest BCUT2D eigenvalue weighted by Gasteiger charge is 2.17. The molecule has 1 aliphatic carbocycles. The number of benzene rings is 2. The van der Waals surface area contributed by atoms with Gasteiger partial charge in [0.25, 0.3) is 0 Å². The van der Waals surface area contributed by atoms with Crippen LogP contribution < -0.4 is 0 Å². The van der Waals surface area contributed by atoms with Crippen molar-refractivity contribution in [2.45, 2.75) is 32.6 Å². The van der Waals surface area contributed by atoms with Crippen LogP contribution >= 0.6 is 0 Å². The maximum absolute atomic E-state index is 10.4. The zero-order valence-corrected chi connectivity index (χ0v) is 9.95. The molecule has 0 amide bonds. The van der Waals surface area contributed by atoms with Gasteiger partial charge in [0.1, 0.15) is 11.5 Å². The summed E-state index contributed by atoms with van der Waals surface area (Å²) in [6, 6.07) is 5.74. The molecule has 0 saturated heterocycles. The van der Waals surface area contributed by atoms with Crippen molar-refractivity contribution in [1.29, 1.82) is 0 Å². The fraction of sp³-hybridized carbons (Fsp3) is 0.333. The number of phenolic OH excluding ortho intramolecular Hbond substituents is 2. The van der Waals surface area contributed by atoms with Crippen molar-refractivity contribution in [2.24, 2.45) is 0 Å². The molecule has 0 radical (unpaired) electrons. The second-order valence-corrected chi connectivity index (χ2v) is 4.88. The third-order valence-electron chi connectivity index (χ3n) is 3.83. The van der Waals surface area contributed by atoms with Crippen LogP contribution in [0.2, 0.25) is 0 Å². The van der Waals surface area contributed by atoms with Crippen LogP contribution in [0.4, 0.5) is 0 Å². The van der Waals surface area contributed by atoms with Crippen LogP contribution in [0.5, 0.6) is 11.5 Å². The van der Waals surface area contributed by atoms with E-state index in [4.69, 9.17) is 0 Å². The zero-order chi connectivity index (χ0) is 12.0. The molecule has 0 atom stereocenters. The molecule has 2 aromatic rings. The minimum absolute atomic E-state index is 0.253. The third-order valence-corrected chi connectivity index (χ3v) is 3.83. The molecule has 0 aliphatic heterocycles. The highest BCUT2D eigenvalue weighted by Crippen LogP contribution is 2.39. The Morgan fingerprint density at radius 3 is 2.65 bits per heavy atom. The van der Waals surface area contributed by atoms with Crippen molar-refractivity contribution < 1.29 is 10.2 Å². The van der Waals surface area contributed by atoms with E-state index in [2.05, 4.69) is 6.07 Å². The maximum Gasteiger partial charge on any atom is 0.127 e. The van der Waals surface area contributed by atoms with Crippen LogP contribution in [0.25, 0.3) is 10.8 Å². The quantitative estimate of drug-likeness (QED) is 0.725. The lowest BCUT2D eigenvalue weighted by molar-refractivity contribution is 0.462. The molecule has 17 heavy (non-hydrogen) atoms. The lowest BCUT2D eigenvalue weighted by Gasteiger charge is -2.19. The minimum atomic E-state index is 0.253. The van der Waals surface area contributed by atoms with Crippen LogP contribution in [0.15, 0.2) is 18.2 Å². The van der Waals surface area contributed by atoms with Gasteiger partial charge >= 0.3 is 0 Å². The summed E-state index contributed by atoms with van der Waals surface area (Å²) in [6.07, 6.45) is 4.35. The summed E-state index contributed by atoms with van der Waals surface area (Å²) < 4.78 is 0. The molecule has 2 aromatic carbocycles. The van der Waals surface area contributed by atoms with Crippen LogP contribution in [0.1, 0.15) is 29.5 Å². The Balaban J connectivity index is 2.41. The number of rotatable bonds is 0. The Kier molecular flexibility index (Phi) is 2.25. The molecule has 2 heteroatoms. The SMILES string of the molecule is Cc1c(O)ccc2cc3c(c(O)c12)CCCC3. The zero-order valence-electron chi connectivity index (χ0n) is 9.95. The number of fused-ring (bicyclic) bond motifs is 2. The molecule has 0 heterocycles. The second-order valence-electron chi connectivity index (χ2n) is 4.88. The first kappa shape index (κ1) is 10.5. The Hall–Kier alpha value is -1.70. The van der Waals surface area contributed by atoms with Crippen molar-refractivity contribution in [2.75, 3.05) is 0 Å². The van der Waals surface area contributed by atoms with Crippen molar-refractivity contribution in [3.05, 3.63) is 34.9 Å². The van der Waals surface area contributed by atoms with Gasteiger partial charge in [-0.25, -0.2) is 0 Å². The number of hydrogen-bond acceptors (Lipinski definition) is 2. The van der Waals surface area contributed by atoms with E-state index >= 15 is 0 Å². The topological polar surface area (TPSA) is 40.5 Å². The number of hydrogen-bond donors (Lipinski definition) is 2. The maximum atomic E-state index is 10.4. The first-order valence-corrected chi connectivity index (χ1v) is 6.14. The number of aryl methyl sites for hydroxylation is 2. The van der Waals surface area contributed by atoms with Crippen molar-refractivity contribution >= 4 is 10.8 Å². The summed E-state index contributed by atoms with van der Waals surface area (Å²) in [6.45, 7) is 1.85. The van der Waals surface area contributed by atoms with E-state index < -0.39 is 0 Å². The van der Waals surface area contributed by atoms with Gasteiger partial charge in [-0.3, -0.25) is 0 Å². The Morgan fingerprint density at radius 1 is 1.06 bits per heavy atom. The molecule has 0 fully saturated rings. The standard InChI is InChI=1S/C15H16O2/c1-9-13(16)7-6-11-8-10-4-2-3-5-12(10)15(17)14(9)11/h6-8,16-17H,2-5H2,1H3. The van der Waals surface area contributed by atoms with Gasteiger partial charge in [0.05, 0.1) is 0 Å². The minimum Gasteiger partial charge on any atom is -0.508 e. The van der Waals surface area contributed by atoms with Gasteiger partial charge in [0.2, 0.25) is 0 Å². The molecule has 88 valence electrons. The monoisotopic (exact) mass is 228 g/mol. The average molecular weight is 228 g/mol. The molecule has 0 unspecified atom stereocenters. The third kappa shape index (κ3) is 1.47. The fourth-order valence-electron chi connectivity index (χ4n) is 2.85. The molecular weight excluding hydrogens is 212 g/mol. The van der Waals surface area contributed by atoms with Crippen molar-refractivity contribution in [3.63, 3.8) is 0 Å². The van der Waals surface area contributed by atoms with E-state index in [1.807, 2.05) is 13.0 Å². The van der Waals surface area contributed by atoms with E-state index in [1.54, 1.807) is 6.07 Å². The lowest BCUT2D eigenvalue weighted by atomic mass is 9.87. The lowest BCUT2D eigenvalue weighted by Crippen LogP contribution is -2.03. The average Bonchev–Trinajstić information content (AvgIpc) is 2.34. The Labute approximate surface area is 101 Å². The van der Waals surface area contributed by atoms with E-state index in [0.29, 0.717) is 5.75 Å². The molecular formula is C15H16O2. The van der Waals surface area contributed by atoms with Gasteiger partial charge in [0.15, 0.2) is 0 Å². The molecule has 2 nitrogen and oxygen atoms in total. The molecule has 0 bridgehead atoms. The van der Waals surface area contributed by atoms with Gasteiger partial charge in [0, 0.05) is 10.9 Å². The number of aromatic hydroxyl groups is 2. The van der Waals surface area contributed by atoms with Gasteiger partial charge in [-0.05, 0) is 55.2 Å². The van der Waals surface area contributed by atoms with E-state index in [-0.39, 0.29) is 5.75 Å². The van der Waals surface area contributed by atoms with Crippen LogP contribution in [-0.2, 0) is 12.8 Å². The first-order valence-electron chi connectivity index (χ1n) is 6.14. The van der Waals surface area contributed by atoms with Crippen molar-refractivity contribution in [1.82, 2.24) is 0 Å². The molecule has 2 N–H and O–H groups in total. The molecule has 3 rings (SSSR count). The molecule has 0 spiro atoms. The predicted molar refractivity (Wildman–Crippen MR) is 68.7 cm³/mol. The largest absolute Gasteiger partial charge is 0.508 e. The van der Waals surface area contributed by atoms with Crippen molar-refractivity contribution in [3.8, 4) is 11.5 Å². The number of phenols is 2. The fourth-order valence-corrected chi connectivity index (χ4v) is 2.85. The second kappa shape index (κ2) is 3.66. The van der Waals surface area contributed by atoms with Gasteiger partial charge in [-0.2, -0.15) is 0 Å². The molecule has 1 aliphatic rings. The predicted octanol–water partition coefficient (Wildman–Crippen LogP) is 3.44. The summed E-state index contributed by atoms with van der Waals surface area (Å²) in [7, 11) is 0. The summed E-state index contributed by atoms with van der Waals surface area (Å²) in [5.74, 6) is 0.633. The van der Waals surface area contributed by atoms with Crippen LogP contribution in [0.3, 0.4) is 0 Å². The highest BCUT2D eigenvalue weighted by molar-refractivity contribution is 5.94. The summed E-state index contributed by atoms with van der Waals surface area (Å²) >= 11 is 0. The summed E-state index contributed by atoms with van der Waals surface area (Å²) in [4.78, 5) is 0. The smallest absolute Gasteiger partial charge is 0.127 e. The molecule has 0 saturated carbocycles. The van der Waals surface area contributed by atoms with Gasteiger partial charge in [-0.1, -0.05) is 12.1 Å². The molecule has 0 aromatic heterocycles. The van der Waals surface area contributed by atoms with Gasteiger partial charge in [-0.15, -0.1) is 0 Å². The Bertz CT molecular complexity index is 600. The van der Waals surface area contributed by atoms with E-state index in [0.717, 1.165) is 41.2 Å². The van der Waals surface area contributed by atoms with Crippen LogP contribution in [0, 0.1) is 6.92 Å². The van der Waals surface area contributed by atoms with E-state index in [9.17, 15) is 10.2 Å². The highest BCUT2D eigenvalue weighted by atomic mass is 16.3. The Morgan fingerprint density at radius 2 is 1.82 bits per heavy atom. The van der Waals surface area contributed by atoms with Crippen LogP contribution in [-0.4, -0.2) is 10.2 Å².